The van der Waals surface area contributed by atoms with Crippen molar-refractivity contribution in [2.75, 3.05) is 5.75 Å². The summed E-state index contributed by atoms with van der Waals surface area (Å²) in [6.07, 6.45) is -2.80. The molecule has 0 spiro atoms. The van der Waals surface area contributed by atoms with E-state index in [0.717, 1.165) is 39.3 Å². The molecule has 2 nitrogen and oxygen atoms in total. The summed E-state index contributed by atoms with van der Waals surface area (Å²) >= 11 is 1.46. The van der Waals surface area contributed by atoms with Crippen LogP contribution in [0.15, 0.2) is 47.1 Å². The van der Waals surface area contributed by atoms with Crippen molar-refractivity contribution in [1.29, 1.82) is 0 Å². The highest BCUT2D eigenvalue weighted by Gasteiger charge is 2.31. The van der Waals surface area contributed by atoms with Crippen molar-refractivity contribution in [1.82, 2.24) is 0 Å². The first kappa shape index (κ1) is 22.5. The number of benzene rings is 2. The van der Waals surface area contributed by atoms with Crippen LogP contribution in [0.25, 0.3) is 5.57 Å². The van der Waals surface area contributed by atoms with Crippen molar-refractivity contribution >= 4 is 23.1 Å². The third-order valence-corrected chi connectivity index (χ3v) is 6.47. The lowest BCUT2D eigenvalue weighted by atomic mass is 9.80. The minimum absolute atomic E-state index is 0.0364. The molecule has 1 atom stereocenters. The van der Waals surface area contributed by atoms with E-state index in [4.69, 9.17) is 0 Å². The number of aryl methyl sites for hydroxylation is 3. The summed E-state index contributed by atoms with van der Waals surface area (Å²) in [5.74, 6) is 0.813. The Kier molecular flexibility index (Phi) is 6.65. The molecule has 2 aromatic rings. The van der Waals surface area contributed by atoms with Crippen molar-refractivity contribution < 1.29 is 23.1 Å². The molecule has 0 amide bonds. The van der Waals surface area contributed by atoms with Crippen LogP contribution in [0.2, 0.25) is 0 Å². The standard InChI is InChI=1S/C24H25F3O2S/c1-14-10-15(2)22(16(3)11-14)23-20(28)12-17(13-21(23)29)8-9-30-19-6-4-18(5-7-19)24(25,26)27/h4-7,10-11,17,28H,8-9,12-13H2,1-3H3. The number of carbonyl (C=O) groups is 1. The van der Waals surface area contributed by atoms with Gasteiger partial charge >= 0.3 is 6.18 Å². The smallest absolute Gasteiger partial charge is 0.416 e. The zero-order valence-electron chi connectivity index (χ0n) is 17.3. The topological polar surface area (TPSA) is 37.3 Å². The zero-order valence-corrected chi connectivity index (χ0v) is 18.1. The summed E-state index contributed by atoms with van der Waals surface area (Å²) in [7, 11) is 0. The molecule has 1 aliphatic rings. The first-order valence-electron chi connectivity index (χ1n) is 9.90. The predicted octanol–water partition coefficient (Wildman–Crippen LogP) is 7.06. The molecular formula is C24H25F3O2S. The minimum Gasteiger partial charge on any atom is -0.512 e. The normalized spacial score (nSPS) is 17.5. The number of hydrogen-bond donors (Lipinski definition) is 1. The monoisotopic (exact) mass is 434 g/mol. The Morgan fingerprint density at radius 3 is 2.17 bits per heavy atom. The van der Waals surface area contributed by atoms with E-state index >= 15 is 0 Å². The van der Waals surface area contributed by atoms with Gasteiger partial charge < -0.3 is 5.11 Å². The molecule has 1 aliphatic carbocycles. The van der Waals surface area contributed by atoms with Gasteiger partial charge in [0.15, 0.2) is 5.78 Å². The Balaban J connectivity index is 1.64. The Hall–Kier alpha value is -2.21. The summed E-state index contributed by atoms with van der Waals surface area (Å²) in [5, 5.41) is 10.6. The molecule has 30 heavy (non-hydrogen) atoms. The number of alkyl halides is 3. The van der Waals surface area contributed by atoms with Crippen LogP contribution in [0.1, 0.15) is 47.1 Å². The van der Waals surface area contributed by atoms with E-state index in [2.05, 4.69) is 0 Å². The molecular weight excluding hydrogens is 409 g/mol. The second kappa shape index (κ2) is 8.88. The molecule has 0 fully saturated rings. The SMILES string of the molecule is Cc1cc(C)c(C2=C(O)CC(CCSc3ccc(C(F)(F)F)cc3)CC2=O)c(C)c1. The summed E-state index contributed by atoms with van der Waals surface area (Å²) in [5.41, 5.74) is 3.71. The highest BCUT2D eigenvalue weighted by Crippen LogP contribution is 2.37. The van der Waals surface area contributed by atoms with Crippen LogP contribution in [0.4, 0.5) is 13.2 Å². The molecule has 0 saturated heterocycles. The van der Waals surface area contributed by atoms with Gasteiger partial charge in [0.2, 0.25) is 0 Å². The average Bonchev–Trinajstić information content (AvgIpc) is 2.63. The molecule has 0 bridgehead atoms. The minimum atomic E-state index is -4.33. The number of rotatable bonds is 5. The van der Waals surface area contributed by atoms with Gasteiger partial charge in [0.25, 0.3) is 0 Å². The molecule has 160 valence electrons. The molecule has 1 N–H and O–H groups in total. The van der Waals surface area contributed by atoms with Gasteiger partial charge in [0.05, 0.1) is 11.1 Å². The zero-order chi connectivity index (χ0) is 22.1. The van der Waals surface area contributed by atoms with Gasteiger partial charge in [-0.15, -0.1) is 11.8 Å². The molecule has 3 rings (SSSR count). The molecule has 0 aromatic heterocycles. The number of carbonyl (C=O) groups excluding carboxylic acids is 1. The number of Topliss-reactive ketones (excluding diaryl/α,β-unsaturated/α-hetero) is 1. The number of hydrogen-bond acceptors (Lipinski definition) is 3. The Morgan fingerprint density at radius 1 is 1.03 bits per heavy atom. The van der Waals surface area contributed by atoms with Gasteiger partial charge in [0, 0.05) is 17.7 Å². The maximum Gasteiger partial charge on any atom is 0.416 e. The molecule has 2 aromatic carbocycles. The van der Waals surface area contributed by atoms with Gasteiger partial charge in [-0.05, 0) is 79.8 Å². The van der Waals surface area contributed by atoms with Crippen LogP contribution < -0.4 is 0 Å². The number of halogens is 3. The van der Waals surface area contributed by atoms with Crippen molar-refractivity contribution in [3.63, 3.8) is 0 Å². The quantitative estimate of drug-likeness (QED) is 0.512. The third-order valence-electron chi connectivity index (χ3n) is 5.43. The van der Waals surface area contributed by atoms with E-state index in [1.54, 1.807) is 0 Å². The lowest BCUT2D eigenvalue weighted by molar-refractivity contribution is -0.137. The summed E-state index contributed by atoms with van der Waals surface area (Å²) in [4.78, 5) is 13.6. The highest BCUT2D eigenvalue weighted by atomic mass is 32.2. The number of aliphatic hydroxyl groups excluding tert-OH is 1. The van der Waals surface area contributed by atoms with Gasteiger partial charge in [-0.25, -0.2) is 0 Å². The van der Waals surface area contributed by atoms with E-state index in [1.165, 1.54) is 23.9 Å². The van der Waals surface area contributed by atoms with Crippen LogP contribution >= 0.6 is 11.8 Å². The molecule has 1 unspecified atom stereocenters. The summed E-state index contributed by atoms with van der Waals surface area (Å²) in [6, 6.07) is 9.14. The van der Waals surface area contributed by atoms with Crippen LogP contribution in [0.3, 0.4) is 0 Å². The van der Waals surface area contributed by atoms with Gasteiger partial charge in [-0.3, -0.25) is 4.79 Å². The molecule has 0 heterocycles. The van der Waals surface area contributed by atoms with Crippen molar-refractivity contribution in [2.45, 2.75) is 51.1 Å². The van der Waals surface area contributed by atoms with E-state index in [9.17, 15) is 23.1 Å². The van der Waals surface area contributed by atoms with Crippen molar-refractivity contribution in [3.8, 4) is 0 Å². The first-order valence-corrected chi connectivity index (χ1v) is 10.9. The van der Waals surface area contributed by atoms with Crippen LogP contribution in [-0.2, 0) is 11.0 Å². The Labute approximate surface area is 179 Å². The maximum absolute atomic E-state index is 12.8. The van der Waals surface area contributed by atoms with Crippen LogP contribution in [-0.4, -0.2) is 16.6 Å². The van der Waals surface area contributed by atoms with Crippen LogP contribution in [0.5, 0.6) is 0 Å². The number of thioether (sulfide) groups is 1. The molecule has 6 heteroatoms. The fourth-order valence-corrected chi connectivity index (χ4v) is 5.13. The molecule has 0 radical (unpaired) electrons. The largest absolute Gasteiger partial charge is 0.512 e. The fraction of sp³-hybridized carbons (Fsp3) is 0.375. The lowest BCUT2D eigenvalue weighted by Crippen LogP contribution is -2.20. The van der Waals surface area contributed by atoms with Gasteiger partial charge in [0.1, 0.15) is 5.76 Å². The average molecular weight is 435 g/mol. The maximum atomic E-state index is 12.8. The number of allylic oxidation sites excluding steroid dienone is 2. The van der Waals surface area contributed by atoms with Gasteiger partial charge in [-0.2, -0.15) is 13.2 Å². The Morgan fingerprint density at radius 2 is 1.63 bits per heavy atom. The van der Waals surface area contributed by atoms with Gasteiger partial charge in [-0.1, -0.05) is 17.7 Å². The van der Waals surface area contributed by atoms with E-state index < -0.39 is 11.7 Å². The van der Waals surface area contributed by atoms with Crippen molar-refractivity contribution in [3.05, 3.63) is 70.0 Å². The van der Waals surface area contributed by atoms with E-state index in [1.807, 2.05) is 32.9 Å². The van der Waals surface area contributed by atoms with Crippen molar-refractivity contribution in [2.24, 2.45) is 5.92 Å². The second-order valence-electron chi connectivity index (χ2n) is 7.95. The highest BCUT2D eigenvalue weighted by molar-refractivity contribution is 7.99. The molecule has 0 aliphatic heterocycles. The second-order valence-corrected chi connectivity index (χ2v) is 9.12. The fourth-order valence-electron chi connectivity index (χ4n) is 4.12. The number of aliphatic hydroxyl groups is 1. The predicted molar refractivity (Wildman–Crippen MR) is 115 cm³/mol. The Bertz CT molecular complexity index is 952. The molecule has 0 saturated carbocycles. The lowest BCUT2D eigenvalue weighted by Gasteiger charge is -2.25. The van der Waals surface area contributed by atoms with E-state index in [0.29, 0.717) is 30.6 Å². The first-order chi connectivity index (χ1) is 14.1. The number of ketones is 1. The van der Waals surface area contributed by atoms with E-state index in [-0.39, 0.29) is 17.5 Å². The summed E-state index contributed by atoms with van der Waals surface area (Å²) < 4.78 is 37.9. The third kappa shape index (κ3) is 5.09. The van der Waals surface area contributed by atoms with Crippen LogP contribution in [0, 0.1) is 26.7 Å². The summed E-state index contributed by atoms with van der Waals surface area (Å²) in [6.45, 7) is 5.91.